The fourth-order valence-corrected chi connectivity index (χ4v) is 1.33. The lowest BCUT2D eigenvalue weighted by molar-refractivity contribution is -0.151. The average Bonchev–Trinajstić information content (AvgIpc) is 2.45. The summed E-state index contributed by atoms with van der Waals surface area (Å²) in [5, 5.41) is 18.9. The Morgan fingerprint density at radius 2 is 2.43 bits per heavy atom. The molecule has 5 heteroatoms. The molecule has 1 fully saturated rings. The van der Waals surface area contributed by atoms with Crippen LogP contribution in [0.3, 0.4) is 0 Å². The van der Waals surface area contributed by atoms with E-state index in [2.05, 4.69) is 6.58 Å². The molecule has 4 atom stereocenters. The molecule has 0 saturated carbocycles. The number of aliphatic hydroxyl groups excluding tert-OH is 2. The van der Waals surface area contributed by atoms with E-state index < -0.39 is 30.4 Å². The number of rotatable bonds is 4. The van der Waals surface area contributed by atoms with Crippen LogP contribution in [0.15, 0.2) is 12.7 Å². The van der Waals surface area contributed by atoms with Gasteiger partial charge in [-0.15, -0.1) is 6.58 Å². The Kier molecular flexibility index (Phi) is 3.62. The standard InChI is InChI=1S/C9H14O5/c1-3-5(10)7-6(11)8(13-4-2)9(12)14-7/h3,5-8,10-11H,1,4H2,2H3/t5-,6?,7?,8-/m1/s1. The van der Waals surface area contributed by atoms with Gasteiger partial charge in [-0.3, -0.25) is 0 Å². The molecule has 1 aliphatic heterocycles. The molecule has 1 aliphatic rings. The third kappa shape index (κ3) is 1.95. The second kappa shape index (κ2) is 4.54. The first-order valence-corrected chi connectivity index (χ1v) is 4.42. The second-order valence-corrected chi connectivity index (χ2v) is 2.99. The van der Waals surface area contributed by atoms with Crippen LogP contribution >= 0.6 is 0 Å². The van der Waals surface area contributed by atoms with Crippen molar-refractivity contribution in [1.29, 1.82) is 0 Å². The first-order valence-electron chi connectivity index (χ1n) is 4.42. The van der Waals surface area contributed by atoms with Gasteiger partial charge in [0.1, 0.15) is 12.2 Å². The Bertz CT molecular complexity index is 227. The third-order valence-corrected chi connectivity index (χ3v) is 2.06. The summed E-state index contributed by atoms with van der Waals surface area (Å²) >= 11 is 0. The largest absolute Gasteiger partial charge is 0.454 e. The van der Waals surface area contributed by atoms with E-state index in [-0.39, 0.29) is 0 Å². The van der Waals surface area contributed by atoms with Gasteiger partial charge in [-0.25, -0.2) is 4.79 Å². The molecule has 0 amide bonds. The SMILES string of the molecule is C=C[C@@H](O)C1OC(=O)[C@H](OCC)C1O. The van der Waals surface area contributed by atoms with Crippen molar-refractivity contribution in [1.82, 2.24) is 0 Å². The number of aliphatic hydroxyl groups is 2. The molecule has 2 N–H and O–H groups in total. The van der Waals surface area contributed by atoms with Gasteiger partial charge in [-0.2, -0.15) is 0 Å². The van der Waals surface area contributed by atoms with Crippen molar-refractivity contribution in [2.75, 3.05) is 6.61 Å². The van der Waals surface area contributed by atoms with Crippen molar-refractivity contribution in [2.24, 2.45) is 0 Å². The van der Waals surface area contributed by atoms with Crippen molar-refractivity contribution in [3.05, 3.63) is 12.7 Å². The molecule has 80 valence electrons. The van der Waals surface area contributed by atoms with Gasteiger partial charge in [0, 0.05) is 6.61 Å². The van der Waals surface area contributed by atoms with Crippen LogP contribution in [0, 0.1) is 0 Å². The lowest BCUT2D eigenvalue weighted by Gasteiger charge is -2.17. The van der Waals surface area contributed by atoms with E-state index in [1.807, 2.05) is 0 Å². The fraction of sp³-hybridized carbons (Fsp3) is 0.667. The molecule has 2 unspecified atom stereocenters. The topological polar surface area (TPSA) is 76.0 Å². The van der Waals surface area contributed by atoms with Crippen LogP contribution in [-0.2, 0) is 14.3 Å². The molecule has 5 nitrogen and oxygen atoms in total. The molecule has 0 bridgehead atoms. The van der Waals surface area contributed by atoms with Gasteiger partial charge >= 0.3 is 5.97 Å². The lowest BCUT2D eigenvalue weighted by atomic mass is 10.1. The molecular weight excluding hydrogens is 188 g/mol. The van der Waals surface area contributed by atoms with Gasteiger partial charge in [-0.1, -0.05) is 6.08 Å². The maximum atomic E-state index is 11.2. The van der Waals surface area contributed by atoms with Crippen LogP contribution < -0.4 is 0 Å². The molecule has 1 rings (SSSR count). The molecule has 0 aromatic carbocycles. The Morgan fingerprint density at radius 3 is 2.93 bits per heavy atom. The van der Waals surface area contributed by atoms with Crippen LogP contribution in [0.25, 0.3) is 0 Å². The highest BCUT2D eigenvalue weighted by Gasteiger charge is 2.46. The van der Waals surface area contributed by atoms with E-state index >= 15 is 0 Å². The van der Waals surface area contributed by atoms with Crippen LogP contribution in [0.1, 0.15) is 6.92 Å². The van der Waals surface area contributed by atoms with Crippen molar-refractivity contribution in [2.45, 2.75) is 31.3 Å². The van der Waals surface area contributed by atoms with E-state index in [0.29, 0.717) is 6.61 Å². The average molecular weight is 202 g/mol. The van der Waals surface area contributed by atoms with Crippen molar-refractivity contribution < 1.29 is 24.5 Å². The summed E-state index contributed by atoms with van der Waals surface area (Å²) in [4.78, 5) is 11.2. The fourth-order valence-electron chi connectivity index (χ4n) is 1.33. The summed E-state index contributed by atoms with van der Waals surface area (Å²) in [5.41, 5.74) is 0. The minimum Gasteiger partial charge on any atom is -0.454 e. The van der Waals surface area contributed by atoms with Crippen LogP contribution in [0.4, 0.5) is 0 Å². The summed E-state index contributed by atoms with van der Waals surface area (Å²) in [5.74, 6) is -0.648. The van der Waals surface area contributed by atoms with E-state index in [1.165, 1.54) is 6.08 Å². The summed E-state index contributed by atoms with van der Waals surface area (Å²) in [6.45, 7) is 5.35. The Labute approximate surface area is 81.9 Å². The lowest BCUT2D eigenvalue weighted by Crippen LogP contribution is -2.38. The highest BCUT2D eigenvalue weighted by Crippen LogP contribution is 2.21. The normalized spacial score (nSPS) is 33.9. The summed E-state index contributed by atoms with van der Waals surface area (Å²) in [6.07, 6.45) is -2.99. The van der Waals surface area contributed by atoms with Crippen molar-refractivity contribution >= 4 is 5.97 Å². The van der Waals surface area contributed by atoms with Gasteiger partial charge in [0.15, 0.2) is 12.2 Å². The molecule has 0 spiro atoms. The molecule has 0 aliphatic carbocycles. The van der Waals surface area contributed by atoms with Gasteiger partial charge in [0.05, 0.1) is 0 Å². The highest BCUT2D eigenvalue weighted by molar-refractivity contribution is 5.78. The number of hydrogen-bond acceptors (Lipinski definition) is 5. The monoisotopic (exact) mass is 202 g/mol. The molecule has 1 heterocycles. The predicted octanol–water partition coefficient (Wildman–Crippen LogP) is -0.775. The zero-order valence-electron chi connectivity index (χ0n) is 7.92. The minimum absolute atomic E-state index is 0.299. The number of esters is 1. The smallest absolute Gasteiger partial charge is 0.338 e. The minimum atomic E-state index is -1.14. The zero-order valence-corrected chi connectivity index (χ0v) is 7.92. The molecule has 1 saturated heterocycles. The van der Waals surface area contributed by atoms with Crippen LogP contribution in [0.5, 0.6) is 0 Å². The molecule has 0 radical (unpaired) electrons. The van der Waals surface area contributed by atoms with Gasteiger partial charge in [0.25, 0.3) is 0 Å². The molecular formula is C9H14O5. The van der Waals surface area contributed by atoms with Gasteiger partial charge in [0.2, 0.25) is 0 Å². The Morgan fingerprint density at radius 1 is 1.79 bits per heavy atom. The predicted molar refractivity (Wildman–Crippen MR) is 47.5 cm³/mol. The first kappa shape index (κ1) is 11.2. The molecule has 0 aromatic rings. The highest BCUT2D eigenvalue weighted by atomic mass is 16.6. The summed E-state index contributed by atoms with van der Waals surface area (Å²) in [6, 6.07) is 0. The van der Waals surface area contributed by atoms with Crippen molar-refractivity contribution in [3.63, 3.8) is 0 Å². The summed E-state index contributed by atoms with van der Waals surface area (Å²) < 4.78 is 9.74. The number of hydrogen-bond donors (Lipinski definition) is 2. The van der Waals surface area contributed by atoms with Crippen LogP contribution in [-0.4, -0.2) is 47.2 Å². The quantitative estimate of drug-likeness (QED) is 0.462. The first-order chi connectivity index (χ1) is 6.61. The Balaban J connectivity index is 2.68. The zero-order chi connectivity index (χ0) is 10.7. The number of cyclic esters (lactones) is 1. The number of ether oxygens (including phenoxy) is 2. The van der Waals surface area contributed by atoms with Gasteiger partial charge < -0.3 is 19.7 Å². The van der Waals surface area contributed by atoms with E-state index in [1.54, 1.807) is 6.92 Å². The second-order valence-electron chi connectivity index (χ2n) is 2.99. The molecule has 0 aromatic heterocycles. The maximum absolute atomic E-state index is 11.2. The van der Waals surface area contributed by atoms with E-state index in [0.717, 1.165) is 0 Å². The number of carbonyl (C=O) groups is 1. The van der Waals surface area contributed by atoms with E-state index in [9.17, 15) is 15.0 Å². The van der Waals surface area contributed by atoms with Crippen molar-refractivity contribution in [3.8, 4) is 0 Å². The molecule has 14 heavy (non-hydrogen) atoms. The Hall–Kier alpha value is -0.910. The van der Waals surface area contributed by atoms with Gasteiger partial charge in [-0.05, 0) is 6.92 Å². The summed E-state index contributed by atoms with van der Waals surface area (Å²) in [7, 11) is 0. The van der Waals surface area contributed by atoms with E-state index in [4.69, 9.17) is 9.47 Å². The van der Waals surface area contributed by atoms with Crippen LogP contribution in [0.2, 0.25) is 0 Å². The third-order valence-electron chi connectivity index (χ3n) is 2.06. The number of carbonyl (C=O) groups excluding carboxylic acids is 1. The maximum Gasteiger partial charge on any atom is 0.338 e.